The monoisotopic (exact) mass is 310 g/mol. The summed E-state index contributed by atoms with van der Waals surface area (Å²) in [6.45, 7) is 9.76. The van der Waals surface area contributed by atoms with Gasteiger partial charge in [-0.05, 0) is 49.9 Å². The van der Waals surface area contributed by atoms with E-state index in [9.17, 15) is 5.11 Å². The lowest BCUT2D eigenvalue weighted by molar-refractivity contribution is 0.0449. The molecule has 0 saturated carbocycles. The Morgan fingerprint density at radius 2 is 2.19 bits per heavy atom. The Bertz CT molecular complexity index is 474. The highest BCUT2D eigenvalue weighted by Gasteiger charge is 2.29. The molecule has 0 bridgehead atoms. The Morgan fingerprint density at radius 3 is 2.81 bits per heavy atom. The van der Waals surface area contributed by atoms with E-state index in [-0.39, 0.29) is 0 Å². The Morgan fingerprint density at radius 1 is 1.43 bits per heavy atom. The van der Waals surface area contributed by atoms with Gasteiger partial charge in [0, 0.05) is 19.6 Å². The van der Waals surface area contributed by atoms with Crippen molar-refractivity contribution in [1.82, 2.24) is 5.32 Å². The zero-order chi connectivity index (χ0) is 15.5. The van der Waals surface area contributed by atoms with Crippen LogP contribution in [0.5, 0.6) is 0 Å². The molecule has 4 heteroatoms. The highest BCUT2D eigenvalue weighted by molar-refractivity contribution is 6.33. The van der Waals surface area contributed by atoms with Gasteiger partial charge in [-0.15, -0.1) is 0 Å². The molecule has 1 fully saturated rings. The first kappa shape index (κ1) is 16.6. The number of benzene rings is 1. The molecule has 1 saturated heterocycles. The van der Waals surface area contributed by atoms with E-state index in [1.807, 2.05) is 13.0 Å². The normalized spacial score (nSPS) is 22.9. The van der Waals surface area contributed by atoms with Crippen LogP contribution in [0.2, 0.25) is 5.02 Å². The first-order chi connectivity index (χ1) is 9.87. The fraction of sp³-hybridized carbons (Fsp3) is 0.647. The average molecular weight is 311 g/mol. The summed E-state index contributed by atoms with van der Waals surface area (Å²) in [4.78, 5) is 2.19. The van der Waals surface area contributed by atoms with Crippen molar-refractivity contribution < 1.29 is 5.11 Å². The minimum absolute atomic E-state index is 0.612. The summed E-state index contributed by atoms with van der Waals surface area (Å²) < 4.78 is 0. The summed E-state index contributed by atoms with van der Waals surface area (Å²) in [6.07, 6.45) is 1.86. The second-order valence-electron chi connectivity index (χ2n) is 6.83. The van der Waals surface area contributed by atoms with E-state index in [4.69, 9.17) is 11.6 Å². The highest BCUT2D eigenvalue weighted by atomic mass is 35.5. The smallest absolute Gasteiger partial charge is 0.0794 e. The van der Waals surface area contributed by atoms with E-state index >= 15 is 0 Å². The maximum absolute atomic E-state index is 10.2. The molecule has 2 N–H and O–H groups in total. The van der Waals surface area contributed by atoms with Crippen LogP contribution in [-0.2, 0) is 6.54 Å². The number of hydrogen-bond donors (Lipinski definition) is 2. The van der Waals surface area contributed by atoms with Crippen molar-refractivity contribution in [3.05, 3.63) is 28.8 Å². The van der Waals surface area contributed by atoms with Crippen molar-refractivity contribution in [3.8, 4) is 0 Å². The molecule has 118 valence electrons. The van der Waals surface area contributed by atoms with Gasteiger partial charge < -0.3 is 15.3 Å². The molecule has 21 heavy (non-hydrogen) atoms. The molecule has 0 amide bonds. The zero-order valence-electron chi connectivity index (χ0n) is 13.3. The van der Waals surface area contributed by atoms with Gasteiger partial charge in [-0.3, -0.25) is 0 Å². The molecule has 0 spiro atoms. The largest absolute Gasteiger partial charge is 0.388 e. The van der Waals surface area contributed by atoms with E-state index in [2.05, 4.69) is 36.2 Å². The molecule has 0 aromatic heterocycles. The molecule has 1 aliphatic rings. The van der Waals surface area contributed by atoms with E-state index in [0.29, 0.717) is 12.5 Å². The molecular formula is C17H27ClN2O. The third kappa shape index (κ3) is 4.87. The summed E-state index contributed by atoms with van der Waals surface area (Å²) >= 11 is 6.45. The van der Waals surface area contributed by atoms with Crippen molar-refractivity contribution in [2.45, 2.75) is 45.8 Å². The van der Waals surface area contributed by atoms with Gasteiger partial charge in [0.15, 0.2) is 0 Å². The number of nitrogens with zero attached hydrogens (tertiary/aromatic N) is 1. The SMILES string of the molecule is CC(C)CNCc1ccc(N2CCCC(C)(O)C2)c(Cl)c1. The number of rotatable bonds is 5. The Labute approximate surface area is 133 Å². The molecule has 1 unspecified atom stereocenters. The van der Waals surface area contributed by atoms with Gasteiger partial charge in [-0.2, -0.15) is 0 Å². The molecule has 3 nitrogen and oxygen atoms in total. The number of aliphatic hydroxyl groups is 1. The zero-order valence-corrected chi connectivity index (χ0v) is 14.1. The topological polar surface area (TPSA) is 35.5 Å². The molecule has 1 aromatic rings. The van der Waals surface area contributed by atoms with Crippen LogP contribution in [0, 0.1) is 5.92 Å². The van der Waals surface area contributed by atoms with Crippen LogP contribution in [0.15, 0.2) is 18.2 Å². The van der Waals surface area contributed by atoms with Gasteiger partial charge in [-0.25, -0.2) is 0 Å². The number of halogens is 1. The van der Waals surface area contributed by atoms with Crippen molar-refractivity contribution in [2.75, 3.05) is 24.5 Å². The van der Waals surface area contributed by atoms with Gasteiger partial charge in [0.2, 0.25) is 0 Å². The van der Waals surface area contributed by atoms with Crippen molar-refractivity contribution in [1.29, 1.82) is 0 Å². The molecular weight excluding hydrogens is 284 g/mol. The second-order valence-corrected chi connectivity index (χ2v) is 7.24. The summed E-state index contributed by atoms with van der Waals surface area (Å²) in [5.41, 5.74) is 1.62. The minimum Gasteiger partial charge on any atom is -0.388 e. The van der Waals surface area contributed by atoms with Gasteiger partial charge in [0.25, 0.3) is 0 Å². The molecule has 0 aliphatic carbocycles. The summed E-state index contributed by atoms with van der Waals surface area (Å²) in [5.74, 6) is 0.648. The van der Waals surface area contributed by atoms with Crippen molar-refractivity contribution >= 4 is 17.3 Å². The van der Waals surface area contributed by atoms with Crippen LogP contribution >= 0.6 is 11.6 Å². The average Bonchev–Trinajstić information content (AvgIpc) is 2.37. The lowest BCUT2D eigenvalue weighted by Gasteiger charge is -2.38. The van der Waals surface area contributed by atoms with E-state index in [1.165, 1.54) is 5.56 Å². The predicted octanol–water partition coefficient (Wildman–Crippen LogP) is 3.44. The molecule has 2 rings (SSSR count). The van der Waals surface area contributed by atoms with Gasteiger partial charge in [-0.1, -0.05) is 31.5 Å². The molecule has 1 atom stereocenters. The van der Waals surface area contributed by atoms with Crippen LogP contribution in [0.1, 0.15) is 39.2 Å². The van der Waals surface area contributed by atoms with Crippen LogP contribution in [-0.4, -0.2) is 30.3 Å². The van der Waals surface area contributed by atoms with Gasteiger partial charge in [0.05, 0.1) is 16.3 Å². The third-order valence-corrected chi connectivity index (χ3v) is 4.21. The van der Waals surface area contributed by atoms with Crippen molar-refractivity contribution in [3.63, 3.8) is 0 Å². The molecule has 1 aliphatic heterocycles. The fourth-order valence-electron chi connectivity index (χ4n) is 2.85. The number of anilines is 1. The molecule has 1 heterocycles. The van der Waals surface area contributed by atoms with Crippen LogP contribution in [0.4, 0.5) is 5.69 Å². The van der Waals surface area contributed by atoms with Gasteiger partial charge >= 0.3 is 0 Å². The number of nitrogens with one attached hydrogen (secondary N) is 1. The van der Waals surface area contributed by atoms with Crippen LogP contribution in [0.25, 0.3) is 0 Å². The third-order valence-electron chi connectivity index (χ3n) is 3.91. The maximum atomic E-state index is 10.2. The first-order valence-corrected chi connectivity index (χ1v) is 8.22. The Balaban J connectivity index is 2.02. The standard InChI is InChI=1S/C17H27ClN2O/c1-13(2)10-19-11-14-5-6-16(15(18)9-14)20-8-4-7-17(3,21)12-20/h5-6,9,13,19,21H,4,7-8,10-12H2,1-3H3. The second kappa shape index (κ2) is 6.99. The first-order valence-electron chi connectivity index (χ1n) is 7.84. The minimum atomic E-state index is -0.612. The predicted molar refractivity (Wildman–Crippen MR) is 90.1 cm³/mol. The highest BCUT2D eigenvalue weighted by Crippen LogP contribution is 2.31. The fourth-order valence-corrected chi connectivity index (χ4v) is 3.17. The number of hydrogen-bond acceptors (Lipinski definition) is 3. The van der Waals surface area contributed by atoms with Crippen LogP contribution in [0.3, 0.4) is 0 Å². The molecule has 0 radical (unpaired) electrons. The van der Waals surface area contributed by atoms with Crippen LogP contribution < -0.4 is 10.2 Å². The lowest BCUT2D eigenvalue weighted by Crippen LogP contribution is -2.46. The molecule has 1 aromatic carbocycles. The summed E-state index contributed by atoms with van der Waals surface area (Å²) in [7, 11) is 0. The van der Waals surface area contributed by atoms with Crippen molar-refractivity contribution in [2.24, 2.45) is 5.92 Å². The summed E-state index contributed by atoms with van der Waals surface area (Å²) in [6, 6.07) is 6.24. The number of β-amino-alcohol motifs (C(OH)–C–C–N with tert-alkyl or cyclic N) is 1. The summed E-state index contributed by atoms with van der Waals surface area (Å²) in [5, 5.41) is 14.4. The van der Waals surface area contributed by atoms with E-state index in [1.54, 1.807) is 0 Å². The lowest BCUT2D eigenvalue weighted by atomic mass is 9.94. The quantitative estimate of drug-likeness (QED) is 0.874. The number of piperidine rings is 1. The Hall–Kier alpha value is -0.770. The maximum Gasteiger partial charge on any atom is 0.0794 e. The van der Waals surface area contributed by atoms with E-state index in [0.717, 1.165) is 43.2 Å². The Kier molecular flexibility index (Phi) is 5.53. The van der Waals surface area contributed by atoms with E-state index < -0.39 is 5.60 Å². The van der Waals surface area contributed by atoms with Gasteiger partial charge in [0.1, 0.15) is 0 Å².